The maximum atomic E-state index is 13.9. The minimum atomic E-state index is -0.598. The van der Waals surface area contributed by atoms with Gasteiger partial charge < -0.3 is 14.4 Å². The van der Waals surface area contributed by atoms with Crippen LogP contribution in [0.25, 0.3) is 0 Å². The minimum absolute atomic E-state index is 0.0112. The van der Waals surface area contributed by atoms with Crippen LogP contribution in [0.15, 0.2) is 54.6 Å². The first-order valence-corrected chi connectivity index (χ1v) is 10.3. The number of fused-ring (bicyclic) bond motifs is 3. The highest BCUT2D eigenvalue weighted by Crippen LogP contribution is 2.49. The maximum absolute atomic E-state index is 13.9. The molecule has 3 aliphatic rings. The van der Waals surface area contributed by atoms with Crippen molar-refractivity contribution >= 4 is 5.91 Å². The van der Waals surface area contributed by atoms with Crippen molar-refractivity contribution in [3.63, 3.8) is 0 Å². The molecule has 1 amide bonds. The van der Waals surface area contributed by atoms with Crippen molar-refractivity contribution in [2.24, 2.45) is 5.92 Å². The molecule has 0 radical (unpaired) electrons. The summed E-state index contributed by atoms with van der Waals surface area (Å²) in [4.78, 5) is 15.9. The normalized spacial score (nSPS) is 27.9. The van der Waals surface area contributed by atoms with Gasteiger partial charge in [-0.2, -0.15) is 0 Å². The molecule has 4 atom stereocenters. The lowest BCUT2D eigenvalue weighted by Gasteiger charge is -2.36. The highest BCUT2D eigenvalue weighted by atomic mass is 16.6. The molecule has 2 saturated heterocycles. The first kappa shape index (κ1) is 17.9. The van der Waals surface area contributed by atoms with Crippen molar-refractivity contribution in [1.82, 2.24) is 4.90 Å². The lowest BCUT2D eigenvalue weighted by molar-refractivity contribution is -0.152. The summed E-state index contributed by atoms with van der Waals surface area (Å²) < 4.78 is 11.9. The average molecular weight is 377 g/mol. The first-order valence-electron chi connectivity index (χ1n) is 10.3. The lowest BCUT2D eigenvalue weighted by atomic mass is 9.91. The van der Waals surface area contributed by atoms with E-state index < -0.39 is 5.72 Å². The first-order chi connectivity index (χ1) is 13.5. The highest BCUT2D eigenvalue weighted by molar-refractivity contribution is 5.81. The van der Waals surface area contributed by atoms with E-state index in [1.165, 1.54) is 16.7 Å². The molecule has 2 aromatic carbocycles. The number of epoxide rings is 1. The van der Waals surface area contributed by atoms with Crippen LogP contribution in [0.3, 0.4) is 0 Å². The van der Waals surface area contributed by atoms with Crippen molar-refractivity contribution in [3.05, 3.63) is 71.3 Å². The number of benzene rings is 2. The fraction of sp³-hybridized carbons (Fsp3) is 0.458. The van der Waals surface area contributed by atoms with Gasteiger partial charge in [0.05, 0.1) is 24.9 Å². The van der Waals surface area contributed by atoms with Gasteiger partial charge in [0.1, 0.15) is 5.72 Å². The summed E-state index contributed by atoms with van der Waals surface area (Å²) in [5.74, 6) is 0.0952. The molecule has 0 aromatic heterocycles. The number of amides is 1. The Morgan fingerprint density at radius 2 is 1.86 bits per heavy atom. The second-order valence-corrected chi connectivity index (χ2v) is 8.74. The number of rotatable bonds is 5. The van der Waals surface area contributed by atoms with Crippen LogP contribution in [0.5, 0.6) is 0 Å². The molecule has 5 rings (SSSR count). The van der Waals surface area contributed by atoms with Crippen molar-refractivity contribution in [2.75, 3.05) is 6.61 Å². The molecule has 2 fully saturated rings. The number of ether oxygens (including phenoxy) is 2. The highest BCUT2D eigenvalue weighted by Gasteiger charge is 2.54. The predicted octanol–water partition coefficient (Wildman–Crippen LogP) is 3.90. The molecule has 2 aromatic rings. The summed E-state index contributed by atoms with van der Waals surface area (Å²) in [6.45, 7) is 4.82. The molecule has 3 unspecified atom stereocenters. The van der Waals surface area contributed by atoms with Gasteiger partial charge in [0.2, 0.25) is 5.91 Å². The Morgan fingerprint density at radius 1 is 1.14 bits per heavy atom. The molecule has 0 spiro atoms. The third-order valence-electron chi connectivity index (χ3n) is 6.31. The number of hydrogen-bond donors (Lipinski definition) is 0. The summed E-state index contributed by atoms with van der Waals surface area (Å²) in [6.07, 6.45) is 2.66. The molecule has 2 heterocycles. The largest absolute Gasteiger partial charge is 0.373 e. The van der Waals surface area contributed by atoms with Crippen LogP contribution < -0.4 is 0 Å². The van der Waals surface area contributed by atoms with Crippen molar-refractivity contribution in [3.8, 4) is 0 Å². The van der Waals surface area contributed by atoms with Gasteiger partial charge in [-0.25, -0.2) is 0 Å². The van der Waals surface area contributed by atoms with E-state index >= 15 is 0 Å². The van der Waals surface area contributed by atoms with E-state index in [1.807, 2.05) is 36.9 Å². The van der Waals surface area contributed by atoms with E-state index in [0.29, 0.717) is 0 Å². The summed E-state index contributed by atoms with van der Waals surface area (Å²) in [6, 6.07) is 18.8. The average Bonchev–Trinajstić information content (AvgIpc) is 3.37. The number of nitrogens with zero attached hydrogens (tertiary/aromatic N) is 1. The van der Waals surface area contributed by atoms with Gasteiger partial charge in [0, 0.05) is 12.3 Å². The number of carbonyl (C=O) groups is 1. The summed E-state index contributed by atoms with van der Waals surface area (Å²) in [5.41, 5.74) is 3.14. The maximum Gasteiger partial charge on any atom is 0.228 e. The van der Waals surface area contributed by atoms with Gasteiger partial charge >= 0.3 is 0 Å². The Hall–Kier alpha value is -2.17. The van der Waals surface area contributed by atoms with Crippen LogP contribution in [0.4, 0.5) is 0 Å². The number of carbonyl (C=O) groups excluding carboxylic acids is 1. The zero-order chi connectivity index (χ0) is 19.3. The van der Waals surface area contributed by atoms with Crippen LogP contribution >= 0.6 is 0 Å². The quantitative estimate of drug-likeness (QED) is 0.743. The lowest BCUT2D eigenvalue weighted by Crippen LogP contribution is -2.48. The molecule has 146 valence electrons. The smallest absolute Gasteiger partial charge is 0.228 e. The van der Waals surface area contributed by atoms with Gasteiger partial charge in [0.25, 0.3) is 0 Å². The van der Waals surface area contributed by atoms with E-state index in [0.717, 1.165) is 25.9 Å². The Labute approximate surface area is 166 Å². The second kappa shape index (κ2) is 6.71. The van der Waals surface area contributed by atoms with E-state index in [9.17, 15) is 4.79 Å². The van der Waals surface area contributed by atoms with E-state index in [4.69, 9.17) is 9.47 Å². The van der Waals surface area contributed by atoms with Gasteiger partial charge in [-0.3, -0.25) is 4.79 Å². The standard InChI is InChI=1S/C24H27NO3/c1-24(2)25(22-20-11-7-6-10-17(20)14-21(22)28-24)23(26)18(13-19-15-27-19)12-16-8-4-3-5-9-16/h3-11,18-19,21-22H,12-15H2,1-2H3/t18-,19?,21?,22?/m1/s1. The van der Waals surface area contributed by atoms with Crippen LogP contribution in [0.2, 0.25) is 0 Å². The Kier molecular flexibility index (Phi) is 4.29. The molecule has 0 bridgehead atoms. The molecule has 0 saturated carbocycles. The Balaban J connectivity index is 1.46. The molecule has 4 nitrogen and oxygen atoms in total. The van der Waals surface area contributed by atoms with Crippen LogP contribution in [0, 0.1) is 5.92 Å². The predicted molar refractivity (Wildman–Crippen MR) is 107 cm³/mol. The Morgan fingerprint density at radius 3 is 2.61 bits per heavy atom. The summed E-state index contributed by atoms with van der Waals surface area (Å²) in [7, 11) is 0. The zero-order valence-corrected chi connectivity index (χ0v) is 16.5. The fourth-order valence-corrected chi connectivity index (χ4v) is 5.00. The van der Waals surface area contributed by atoms with E-state index in [-0.39, 0.29) is 30.1 Å². The summed E-state index contributed by atoms with van der Waals surface area (Å²) in [5, 5.41) is 0. The number of hydrogen-bond acceptors (Lipinski definition) is 3. The SMILES string of the molecule is CC1(C)OC2Cc3ccccc3C2N1C(=O)[C@H](Cc1ccccc1)CC1CO1. The van der Waals surface area contributed by atoms with Gasteiger partial charge in [0.15, 0.2) is 0 Å². The van der Waals surface area contributed by atoms with Gasteiger partial charge in [-0.15, -0.1) is 0 Å². The van der Waals surface area contributed by atoms with E-state index in [2.05, 4.69) is 36.4 Å². The Bertz CT molecular complexity index is 874. The van der Waals surface area contributed by atoms with Gasteiger partial charge in [-0.05, 0) is 43.4 Å². The third kappa shape index (κ3) is 3.15. The zero-order valence-electron chi connectivity index (χ0n) is 16.5. The van der Waals surface area contributed by atoms with E-state index in [1.54, 1.807) is 0 Å². The molecule has 0 N–H and O–H groups in total. The second-order valence-electron chi connectivity index (χ2n) is 8.74. The van der Waals surface area contributed by atoms with Crippen LogP contribution in [-0.4, -0.2) is 35.3 Å². The molecule has 4 heteroatoms. The molecule has 1 aliphatic carbocycles. The van der Waals surface area contributed by atoms with Crippen LogP contribution in [0.1, 0.15) is 43.0 Å². The summed E-state index contributed by atoms with van der Waals surface area (Å²) >= 11 is 0. The van der Waals surface area contributed by atoms with Gasteiger partial charge in [-0.1, -0.05) is 54.6 Å². The van der Waals surface area contributed by atoms with Crippen molar-refractivity contribution < 1.29 is 14.3 Å². The topological polar surface area (TPSA) is 42.1 Å². The monoisotopic (exact) mass is 377 g/mol. The molecular weight excluding hydrogens is 350 g/mol. The van der Waals surface area contributed by atoms with Crippen LogP contribution in [-0.2, 0) is 27.1 Å². The van der Waals surface area contributed by atoms with Crippen molar-refractivity contribution in [2.45, 2.75) is 57.1 Å². The fourth-order valence-electron chi connectivity index (χ4n) is 5.00. The third-order valence-corrected chi connectivity index (χ3v) is 6.31. The minimum Gasteiger partial charge on any atom is -0.373 e. The van der Waals surface area contributed by atoms with Crippen molar-refractivity contribution in [1.29, 1.82) is 0 Å². The molecule has 28 heavy (non-hydrogen) atoms. The molecular formula is C24H27NO3. The molecule has 2 aliphatic heterocycles.